The van der Waals surface area contributed by atoms with Crippen LogP contribution in [-0.4, -0.2) is 21.7 Å². The van der Waals surface area contributed by atoms with Crippen LogP contribution in [0.25, 0.3) is 0 Å². The summed E-state index contributed by atoms with van der Waals surface area (Å²) < 4.78 is 0. The van der Waals surface area contributed by atoms with Crippen molar-refractivity contribution in [1.82, 2.24) is 15.2 Å². The molecule has 0 bridgehead atoms. The summed E-state index contributed by atoms with van der Waals surface area (Å²) in [7, 11) is 0. The van der Waals surface area contributed by atoms with Crippen molar-refractivity contribution >= 4 is 0 Å². The van der Waals surface area contributed by atoms with Crippen LogP contribution in [0.1, 0.15) is 69.9 Å². The first-order valence-electron chi connectivity index (χ1n) is 7.82. The minimum Gasteiger partial charge on any atom is -0.330 e. The van der Waals surface area contributed by atoms with E-state index in [2.05, 4.69) is 29.0 Å². The van der Waals surface area contributed by atoms with Crippen LogP contribution >= 0.6 is 0 Å². The molecule has 0 aliphatic heterocycles. The first-order valence-corrected chi connectivity index (χ1v) is 7.82. The van der Waals surface area contributed by atoms with Crippen LogP contribution in [-0.2, 0) is 6.42 Å². The largest absolute Gasteiger partial charge is 0.330 e. The Labute approximate surface area is 116 Å². The van der Waals surface area contributed by atoms with Gasteiger partial charge in [-0.1, -0.05) is 26.7 Å². The van der Waals surface area contributed by atoms with E-state index >= 15 is 0 Å². The molecule has 1 fully saturated rings. The molecule has 0 spiro atoms. The molecule has 0 amide bonds. The lowest BCUT2D eigenvalue weighted by Gasteiger charge is -2.19. The highest BCUT2D eigenvalue weighted by Crippen LogP contribution is 2.32. The Hall–Kier alpha value is -0.900. The van der Waals surface area contributed by atoms with Crippen molar-refractivity contribution in [2.24, 2.45) is 17.6 Å². The van der Waals surface area contributed by atoms with E-state index < -0.39 is 0 Å². The van der Waals surface area contributed by atoms with Gasteiger partial charge in [0.2, 0.25) is 0 Å². The summed E-state index contributed by atoms with van der Waals surface area (Å²) in [6.45, 7) is 5.35. The number of aryl methyl sites for hydroxylation is 1. The van der Waals surface area contributed by atoms with Crippen LogP contribution in [0.15, 0.2) is 0 Å². The molecule has 1 heterocycles. The number of hydrogen-bond acceptors (Lipinski definition) is 3. The second kappa shape index (κ2) is 7.04. The minimum absolute atomic E-state index is 0.606. The van der Waals surface area contributed by atoms with Crippen LogP contribution in [0.5, 0.6) is 0 Å². The van der Waals surface area contributed by atoms with E-state index in [1.807, 2.05) is 0 Å². The summed E-state index contributed by atoms with van der Waals surface area (Å²) in [5.41, 5.74) is 5.69. The van der Waals surface area contributed by atoms with Gasteiger partial charge in [-0.2, -0.15) is 5.10 Å². The molecule has 1 aromatic rings. The highest BCUT2D eigenvalue weighted by Gasteiger charge is 2.21. The van der Waals surface area contributed by atoms with Crippen LogP contribution in [0.4, 0.5) is 0 Å². The van der Waals surface area contributed by atoms with Crippen molar-refractivity contribution in [3.8, 4) is 0 Å². The molecule has 4 nitrogen and oxygen atoms in total. The first-order chi connectivity index (χ1) is 9.20. The zero-order valence-corrected chi connectivity index (χ0v) is 12.4. The number of aromatic amines is 1. The molecule has 19 heavy (non-hydrogen) atoms. The summed E-state index contributed by atoms with van der Waals surface area (Å²) in [4.78, 5) is 4.69. The SMILES string of the molecule is CC(C)C(CCN)CCc1nc(C2CCCC2)n[nH]1. The topological polar surface area (TPSA) is 67.6 Å². The second-order valence-electron chi connectivity index (χ2n) is 6.24. The third-order valence-electron chi connectivity index (χ3n) is 4.50. The monoisotopic (exact) mass is 264 g/mol. The average Bonchev–Trinajstić information content (AvgIpc) is 3.04. The molecular formula is C15H28N4. The van der Waals surface area contributed by atoms with Gasteiger partial charge in [-0.05, 0) is 44.1 Å². The smallest absolute Gasteiger partial charge is 0.153 e. The van der Waals surface area contributed by atoms with Crippen molar-refractivity contribution in [3.05, 3.63) is 11.6 Å². The van der Waals surface area contributed by atoms with E-state index in [0.29, 0.717) is 17.8 Å². The van der Waals surface area contributed by atoms with E-state index in [1.165, 1.54) is 25.7 Å². The number of H-pyrrole nitrogens is 1. The Morgan fingerprint density at radius 2 is 2.00 bits per heavy atom. The van der Waals surface area contributed by atoms with E-state index in [9.17, 15) is 0 Å². The lowest BCUT2D eigenvalue weighted by atomic mass is 9.88. The van der Waals surface area contributed by atoms with Crippen molar-refractivity contribution < 1.29 is 0 Å². The van der Waals surface area contributed by atoms with Gasteiger partial charge in [-0.25, -0.2) is 4.98 Å². The number of nitrogens with zero attached hydrogens (tertiary/aromatic N) is 2. The summed E-state index contributed by atoms with van der Waals surface area (Å²) >= 11 is 0. The van der Waals surface area contributed by atoms with Crippen molar-refractivity contribution in [2.75, 3.05) is 6.54 Å². The zero-order valence-electron chi connectivity index (χ0n) is 12.4. The van der Waals surface area contributed by atoms with Gasteiger partial charge in [-0.3, -0.25) is 5.10 Å². The maximum atomic E-state index is 5.69. The third kappa shape index (κ3) is 4.03. The van der Waals surface area contributed by atoms with Gasteiger partial charge in [0.15, 0.2) is 5.82 Å². The number of nitrogens with one attached hydrogen (secondary N) is 1. The predicted octanol–water partition coefficient (Wildman–Crippen LogP) is 3.02. The van der Waals surface area contributed by atoms with Crippen molar-refractivity contribution in [3.63, 3.8) is 0 Å². The average molecular weight is 264 g/mol. The Kier molecular flexibility index (Phi) is 5.37. The van der Waals surface area contributed by atoms with Crippen LogP contribution < -0.4 is 5.73 Å². The van der Waals surface area contributed by atoms with Gasteiger partial charge in [0, 0.05) is 12.3 Å². The van der Waals surface area contributed by atoms with E-state index in [4.69, 9.17) is 5.73 Å². The molecule has 4 heteroatoms. The maximum Gasteiger partial charge on any atom is 0.153 e. The molecule has 0 saturated heterocycles. The summed E-state index contributed by atoms with van der Waals surface area (Å²) in [6, 6.07) is 0. The Morgan fingerprint density at radius 1 is 1.26 bits per heavy atom. The van der Waals surface area contributed by atoms with Crippen LogP contribution in [0.3, 0.4) is 0 Å². The molecule has 1 aliphatic rings. The molecule has 0 aromatic carbocycles. The molecule has 3 N–H and O–H groups in total. The Bertz CT molecular complexity index is 366. The van der Waals surface area contributed by atoms with Gasteiger partial charge < -0.3 is 5.73 Å². The molecule has 1 saturated carbocycles. The Morgan fingerprint density at radius 3 is 2.63 bits per heavy atom. The molecular weight excluding hydrogens is 236 g/mol. The standard InChI is InChI=1S/C15H28N4/c1-11(2)12(9-10-16)7-8-14-17-15(19-18-14)13-5-3-4-6-13/h11-13H,3-10,16H2,1-2H3,(H,17,18,19). The minimum atomic E-state index is 0.606. The first kappa shape index (κ1) is 14.5. The lowest BCUT2D eigenvalue weighted by molar-refractivity contribution is 0.339. The molecule has 0 radical (unpaired) electrons. The van der Waals surface area contributed by atoms with Gasteiger partial charge in [0.05, 0.1) is 0 Å². The number of nitrogens with two attached hydrogens (primary N) is 1. The third-order valence-corrected chi connectivity index (χ3v) is 4.50. The number of aromatic nitrogens is 3. The highest BCUT2D eigenvalue weighted by atomic mass is 15.2. The predicted molar refractivity (Wildman–Crippen MR) is 77.9 cm³/mol. The van der Waals surface area contributed by atoms with Gasteiger partial charge in [0.25, 0.3) is 0 Å². The molecule has 108 valence electrons. The normalized spacial score (nSPS) is 18.3. The van der Waals surface area contributed by atoms with Crippen LogP contribution in [0.2, 0.25) is 0 Å². The molecule has 2 rings (SSSR count). The van der Waals surface area contributed by atoms with E-state index in [1.54, 1.807) is 0 Å². The fraction of sp³-hybridized carbons (Fsp3) is 0.867. The number of hydrogen-bond donors (Lipinski definition) is 2. The Balaban J connectivity index is 1.85. The quantitative estimate of drug-likeness (QED) is 0.795. The summed E-state index contributed by atoms with van der Waals surface area (Å²) in [5.74, 6) is 4.11. The van der Waals surface area contributed by atoms with Gasteiger partial charge in [0.1, 0.15) is 5.82 Å². The molecule has 1 aliphatic carbocycles. The molecule has 1 atom stereocenters. The van der Waals surface area contributed by atoms with E-state index in [0.717, 1.165) is 37.5 Å². The van der Waals surface area contributed by atoms with Crippen molar-refractivity contribution in [2.45, 2.75) is 64.7 Å². The fourth-order valence-corrected chi connectivity index (χ4v) is 3.14. The number of rotatable bonds is 7. The molecule has 1 aromatic heterocycles. The summed E-state index contributed by atoms with van der Waals surface area (Å²) in [5, 5.41) is 7.53. The van der Waals surface area contributed by atoms with Crippen molar-refractivity contribution in [1.29, 1.82) is 0 Å². The zero-order chi connectivity index (χ0) is 13.7. The van der Waals surface area contributed by atoms with E-state index in [-0.39, 0.29) is 0 Å². The highest BCUT2D eigenvalue weighted by molar-refractivity contribution is 5.00. The van der Waals surface area contributed by atoms with Gasteiger partial charge >= 0.3 is 0 Å². The molecule has 1 unspecified atom stereocenters. The summed E-state index contributed by atoms with van der Waals surface area (Å²) in [6.07, 6.45) is 8.47. The second-order valence-corrected chi connectivity index (χ2v) is 6.24. The maximum absolute atomic E-state index is 5.69. The lowest BCUT2D eigenvalue weighted by Crippen LogP contribution is -2.15. The van der Waals surface area contributed by atoms with Crippen LogP contribution in [0, 0.1) is 11.8 Å². The fourth-order valence-electron chi connectivity index (χ4n) is 3.14. The van der Waals surface area contributed by atoms with Gasteiger partial charge in [-0.15, -0.1) is 0 Å².